The van der Waals surface area contributed by atoms with Crippen LogP contribution in [0.25, 0.3) is 0 Å². The third kappa shape index (κ3) is 3.45. The third-order valence-corrected chi connectivity index (χ3v) is 3.44. The van der Waals surface area contributed by atoms with Gasteiger partial charge in [-0.2, -0.15) is 0 Å². The Morgan fingerprint density at radius 3 is 2.76 bits per heavy atom. The Kier molecular flexibility index (Phi) is 4.02. The van der Waals surface area contributed by atoms with E-state index in [0.29, 0.717) is 11.8 Å². The molecular weight excluding hydrogens is 302 g/mol. The fraction of sp³-hybridized carbons (Fsp3) is 0.154. The minimum Gasteiger partial charge on any atom is -0.489 e. The summed E-state index contributed by atoms with van der Waals surface area (Å²) in [7, 11) is 0. The molecule has 0 unspecified atom stereocenters. The maximum absolute atomic E-state index is 5.71. The van der Waals surface area contributed by atoms with Gasteiger partial charge in [0.15, 0.2) is 0 Å². The van der Waals surface area contributed by atoms with Crippen molar-refractivity contribution in [2.75, 3.05) is 0 Å². The Morgan fingerprint density at radius 1 is 1.29 bits per heavy atom. The van der Waals surface area contributed by atoms with E-state index in [0.717, 1.165) is 21.3 Å². The molecule has 0 aliphatic rings. The first-order chi connectivity index (χ1) is 8.15. The van der Waals surface area contributed by atoms with Crippen LogP contribution in [0.4, 0.5) is 0 Å². The number of ether oxygens (including phenoxy) is 1. The molecule has 2 aromatic rings. The van der Waals surface area contributed by atoms with Gasteiger partial charge in [0.25, 0.3) is 0 Å². The van der Waals surface area contributed by atoms with E-state index in [1.807, 2.05) is 31.2 Å². The Morgan fingerprint density at radius 2 is 2.12 bits per heavy atom. The van der Waals surface area contributed by atoms with Crippen LogP contribution < -0.4 is 4.74 Å². The van der Waals surface area contributed by atoms with Crippen molar-refractivity contribution >= 4 is 27.5 Å². The Labute approximate surface area is 114 Å². The second-order valence-corrected chi connectivity index (χ2v) is 4.93. The summed E-state index contributed by atoms with van der Waals surface area (Å²) in [6.45, 7) is 2.52. The number of pyridine rings is 1. The molecule has 0 aliphatic heterocycles. The summed E-state index contributed by atoms with van der Waals surface area (Å²) in [6, 6.07) is 9.56. The van der Waals surface area contributed by atoms with E-state index in [1.54, 1.807) is 12.3 Å². The first-order valence-electron chi connectivity index (χ1n) is 5.14. The van der Waals surface area contributed by atoms with Crippen LogP contribution in [-0.4, -0.2) is 4.98 Å². The lowest BCUT2D eigenvalue weighted by atomic mass is 10.2. The number of rotatable bonds is 3. The van der Waals surface area contributed by atoms with E-state index < -0.39 is 0 Å². The van der Waals surface area contributed by atoms with E-state index in [4.69, 9.17) is 16.3 Å². The molecule has 0 fully saturated rings. The van der Waals surface area contributed by atoms with Gasteiger partial charge in [0.2, 0.25) is 0 Å². The lowest BCUT2D eigenvalue weighted by Crippen LogP contribution is -1.96. The molecule has 0 N–H and O–H groups in total. The van der Waals surface area contributed by atoms with Crippen molar-refractivity contribution in [1.82, 2.24) is 4.98 Å². The first-order valence-corrected chi connectivity index (χ1v) is 6.31. The van der Waals surface area contributed by atoms with E-state index in [-0.39, 0.29) is 0 Å². The molecule has 17 heavy (non-hydrogen) atoms. The summed E-state index contributed by atoms with van der Waals surface area (Å²) < 4.78 is 6.75. The third-order valence-electron chi connectivity index (χ3n) is 2.32. The number of nitrogens with zero attached hydrogens (tertiary/aromatic N) is 1. The molecule has 1 heterocycles. The zero-order chi connectivity index (χ0) is 12.3. The van der Waals surface area contributed by atoms with E-state index in [9.17, 15) is 0 Å². The molecule has 0 aliphatic carbocycles. The van der Waals surface area contributed by atoms with Gasteiger partial charge < -0.3 is 4.74 Å². The number of aromatic nitrogens is 1. The van der Waals surface area contributed by atoms with Gasteiger partial charge >= 0.3 is 0 Å². The lowest BCUT2D eigenvalue weighted by molar-refractivity contribution is 0.305. The highest BCUT2D eigenvalue weighted by Crippen LogP contribution is 2.22. The van der Waals surface area contributed by atoms with Crippen LogP contribution in [0.3, 0.4) is 0 Å². The summed E-state index contributed by atoms with van der Waals surface area (Å²) in [5, 5.41) is 0.494. The molecule has 0 saturated heterocycles. The van der Waals surface area contributed by atoms with E-state index in [2.05, 4.69) is 20.9 Å². The Hall–Kier alpha value is -1.06. The maximum Gasteiger partial charge on any atom is 0.129 e. The SMILES string of the molecule is Cc1cc(OCc2ccc(Cl)nc2)ccc1Br. The summed E-state index contributed by atoms with van der Waals surface area (Å²) in [4.78, 5) is 4.00. The molecule has 0 amide bonds. The van der Waals surface area contributed by atoms with Crippen molar-refractivity contribution in [3.63, 3.8) is 0 Å². The summed E-state index contributed by atoms with van der Waals surface area (Å²) >= 11 is 9.16. The van der Waals surface area contributed by atoms with Gasteiger partial charge in [0, 0.05) is 16.2 Å². The fourth-order valence-corrected chi connectivity index (χ4v) is 1.72. The fourth-order valence-electron chi connectivity index (χ4n) is 1.37. The van der Waals surface area contributed by atoms with Gasteiger partial charge in [0.1, 0.15) is 17.5 Å². The number of aryl methyl sites for hydroxylation is 1. The van der Waals surface area contributed by atoms with Gasteiger partial charge in [0.05, 0.1) is 0 Å². The summed E-state index contributed by atoms with van der Waals surface area (Å²) in [5.74, 6) is 0.848. The number of benzene rings is 1. The van der Waals surface area contributed by atoms with Crippen LogP contribution in [0.15, 0.2) is 41.0 Å². The molecule has 1 aromatic carbocycles. The lowest BCUT2D eigenvalue weighted by Gasteiger charge is -2.07. The molecule has 0 spiro atoms. The van der Waals surface area contributed by atoms with E-state index >= 15 is 0 Å². The van der Waals surface area contributed by atoms with Crippen LogP contribution in [-0.2, 0) is 6.61 Å². The molecule has 88 valence electrons. The Balaban J connectivity index is 2.02. The largest absolute Gasteiger partial charge is 0.489 e. The van der Waals surface area contributed by atoms with Crippen molar-refractivity contribution in [3.05, 3.63) is 57.3 Å². The standard InChI is InChI=1S/C13H11BrClNO/c1-9-6-11(3-4-12(9)14)17-8-10-2-5-13(15)16-7-10/h2-7H,8H2,1H3. The van der Waals surface area contributed by atoms with Crippen LogP contribution in [0.2, 0.25) is 5.15 Å². The molecule has 0 bridgehead atoms. The van der Waals surface area contributed by atoms with Crippen molar-refractivity contribution in [2.24, 2.45) is 0 Å². The predicted molar refractivity (Wildman–Crippen MR) is 72.5 cm³/mol. The molecule has 2 rings (SSSR count). The second-order valence-electron chi connectivity index (χ2n) is 3.69. The van der Waals surface area contributed by atoms with Gasteiger partial charge in [-0.05, 0) is 36.8 Å². The second kappa shape index (κ2) is 5.52. The van der Waals surface area contributed by atoms with Crippen LogP contribution in [0.1, 0.15) is 11.1 Å². The minimum atomic E-state index is 0.491. The van der Waals surface area contributed by atoms with Crippen LogP contribution in [0.5, 0.6) is 5.75 Å². The normalized spacial score (nSPS) is 10.3. The van der Waals surface area contributed by atoms with Crippen LogP contribution >= 0.6 is 27.5 Å². The molecule has 2 nitrogen and oxygen atoms in total. The monoisotopic (exact) mass is 311 g/mol. The number of halogens is 2. The van der Waals surface area contributed by atoms with Crippen molar-refractivity contribution in [1.29, 1.82) is 0 Å². The van der Waals surface area contributed by atoms with Gasteiger partial charge in [-0.1, -0.05) is 33.6 Å². The summed E-state index contributed by atoms with van der Waals surface area (Å²) in [5.41, 5.74) is 2.15. The van der Waals surface area contributed by atoms with Crippen molar-refractivity contribution in [3.8, 4) is 5.75 Å². The molecular formula is C13H11BrClNO. The van der Waals surface area contributed by atoms with Crippen LogP contribution in [0, 0.1) is 6.92 Å². The van der Waals surface area contributed by atoms with Gasteiger partial charge in [-0.25, -0.2) is 4.98 Å². The zero-order valence-electron chi connectivity index (χ0n) is 9.28. The highest BCUT2D eigenvalue weighted by molar-refractivity contribution is 9.10. The molecule has 0 radical (unpaired) electrons. The molecule has 0 saturated carbocycles. The first kappa shape index (κ1) is 12.4. The number of hydrogen-bond acceptors (Lipinski definition) is 2. The molecule has 1 aromatic heterocycles. The highest BCUT2D eigenvalue weighted by Gasteiger charge is 1.99. The quantitative estimate of drug-likeness (QED) is 0.784. The Bertz CT molecular complexity index is 513. The van der Waals surface area contributed by atoms with Gasteiger partial charge in [-0.15, -0.1) is 0 Å². The average Bonchev–Trinajstić information content (AvgIpc) is 2.33. The highest BCUT2D eigenvalue weighted by atomic mass is 79.9. The predicted octanol–water partition coefficient (Wildman–Crippen LogP) is 4.38. The molecule has 4 heteroatoms. The molecule has 0 atom stereocenters. The minimum absolute atomic E-state index is 0.491. The zero-order valence-corrected chi connectivity index (χ0v) is 11.6. The topological polar surface area (TPSA) is 22.1 Å². The van der Waals surface area contributed by atoms with Crippen molar-refractivity contribution < 1.29 is 4.74 Å². The number of hydrogen-bond donors (Lipinski definition) is 0. The van der Waals surface area contributed by atoms with Gasteiger partial charge in [-0.3, -0.25) is 0 Å². The maximum atomic E-state index is 5.71. The average molecular weight is 313 g/mol. The smallest absolute Gasteiger partial charge is 0.129 e. The van der Waals surface area contributed by atoms with E-state index in [1.165, 1.54) is 0 Å². The summed E-state index contributed by atoms with van der Waals surface area (Å²) in [6.07, 6.45) is 1.72. The van der Waals surface area contributed by atoms with Crippen molar-refractivity contribution in [2.45, 2.75) is 13.5 Å².